The molecule has 4 heterocycles. The van der Waals surface area contributed by atoms with Gasteiger partial charge in [-0.1, -0.05) is 48.5 Å². The van der Waals surface area contributed by atoms with Crippen LogP contribution in [0.1, 0.15) is 56.3 Å². The summed E-state index contributed by atoms with van der Waals surface area (Å²) >= 11 is 0. The fraction of sp³-hybridized carbons (Fsp3) is 0.357. The molecule has 6 heteroatoms. The van der Waals surface area contributed by atoms with Crippen molar-refractivity contribution in [3.63, 3.8) is 0 Å². The summed E-state index contributed by atoms with van der Waals surface area (Å²) < 4.78 is 0. The lowest BCUT2D eigenvalue weighted by Gasteiger charge is -2.09. The maximum Gasteiger partial charge on any atom is 0.123 e. The molecule has 0 radical (unpaired) electrons. The lowest BCUT2D eigenvalue weighted by molar-refractivity contribution is 0.543. The highest BCUT2D eigenvalue weighted by atomic mass is 15.1. The number of benzene rings is 2. The van der Waals surface area contributed by atoms with Gasteiger partial charge in [0, 0.05) is 12.1 Å². The highest BCUT2D eigenvalue weighted by molar-refractivity contribution is 5.71. The highest BCUT2D eigenvalue weighted by Crippen LogP contribution is 2.45. The average molecular weight is 451 g/mol. The van der Waals surface area contributed by atoms with Gasteiger partial charge in [-0.15, -0.1) is 0 Å². The third-order valence-electron chi connectivity index (χ3n) is 7.83. The van der Waals surface area contributed by atoms with Crippen molar-refractivity contribution in [1.29, 1.82) is 0 Å². The molecule has 6 nitrogen and oxygen atoms in total. The van der Waals surface area contributed by atoms with Crippen LogP contribution in [0.3, 0.4) is 0 Å². The highest BCUT2D eigenvalue weighted by Gasteiger charge is 2.46. The monoisotopic (exact) mass is 450 g/mol. The summed E-state index contributed by atoms with van der Waals surface area (Å²) in [5.41, 5.74) is 6.90. The van der Waals surface area contributed by atoms with Gasteiger partial charge in [0.15, 0.2) is 0 Å². The second-order valence-electron chi connectivity index (χ2n) is 10.3. The van der Waals surface area contributed by atoms with Crippen molar-refractivity contribution in [3.8, 4) is 33.6 Å². The van der Waals surface area contributed by atoms with Crippen molar-refractivity contribution >= 4 is 0 Å². The number of aromatic amines is 2. The molecule has 0 amide bonds. The van der Waals surface area contributed by atoms with Gasteiger partial charge in [0.05, 0.1) is 35.9 Å². The van der Waals surface area contributed by atoms with Gasteiger partial charge >= 0.3 is 0 Å². The molecule has 2 aromatic heterocycles. The van der Waals surface area contributed by atoms with E-state index in [0.717, 1.165) is 47.0 Å². The van der Waals surface area contributed by atoms with E-state index in [1.165, 1.54) is 36.0 Å². The molecule has 1 aliphatic carbocycles. The van der Waals surface area contributed by atoms with E-state index < -0.39 is 0 Å². The minimum atomic E-state index is 0.340. The molecule has 4 N–H and O–H groups in total. The lowest BCUT2D eigenvalue weighted by atomic mass is 10.0. The summed E-state index contributed by atoms with van der Waals surface area (Å²) in [5.74, 6) is 2.98. The molecule has 34 heavy (non-hydrogen) atoms. The first-order chi connectivity index (χ1) is 16.7. The Morgan fingerprint density at radius 2 is 1.21 bits per heavy atom. The maximum absolute atomic E-state index is 4.65. The van der Waals surface area contributed by atoms with Crippen molar-refractivity contribution in [1.82, 2.24) is 30.6 Å². The summed E-state index contributed by atoms with van der Waals surface area (Å²) in [4.78, 5) is 16.3. The van der Waals surface area contributed by atoms with Gasteiger partial charge in [-0.3, -0.25) is 0 Å². The number of nitrogens with one attached hydrogen (secondary N) is 4. The van der Waals surface area contributed by atoms with Gasteiger partial charge in [0.2, 0.25) is 0 Å². The number of rotatable bonds is 5. The van der Waals surface area contributed by atoms with E-state index in [2.05, 4.69) is 86.0 Å². The van der Waals surface area contributed by atoms with Gasteiger partial charge in [-0.05, 0) is 60.8 Å². The number of fused-ring (bicyclic) bond motifs is 1. The minimum Gasteiger partial charge on any atom is -0.341 e. The second kappa shape index (κ2) is 7.93. The van der Waals surface area contributed by atoms with E-state index in [1.54, 1.807) is 0 Å². The molecular formula is C28H30N6. The topological polar surface area (TPSA) is 81.4 Å². The molecule has 0 unspecified atom stereocenters. The van der Waals surface area contributed by atoms with Crippen molar-refractivity contribution < 1.29 is 0 Å². The van der Waals surface area contributed by atoms with Crippen molar-refractivity contribution in [2.75, 3.05) is 0 Å². The molecule has 7 rings (SSSR count). The van der Waals surface area contributed by atoms with Crippen LogP contribution >= 0.6 is 0 Å². The number of imidazole rings is 2. The quantitative estimate of drug-likeness (QED) is 0.330. The Balaban J connectivity index is 1.05. The van der Waals surface area contributed by atoms with Gasteiger partial charge in [-0.25, -0.2) is 9.97 Å². The fourth-order valence-electron chi connectivity index (χ4n) is 5.68. The van der Waals surface area contributed by atoms with E-state index in [0.29, 0.717) is 18.1 Å². The van der Waals surface area contributed by atoms with Crippen molar-refractivity contribution in [2.24, 2.45) is 5.92 Å². The van der Waals surface area contributed by atoms with Gasteiger partial charge < -0.3 is 20.6 Å². The standard InChI is InChI=1S/C28H30N6/c1-16-2-11-22(31-16)27-29-14-25(33-27)19-7-3-17(4-8-19)18-5-9-20(10-6-18)26-15-30-28(34-26)24-13-21-12-23(21)32-24/h3-10,14-16,21-24,31-32H,2,11-13H2,1H3,(H,29,33)(H,30,34)/t16-,21+,22+,23+,24+/m1/s1. The van der Waals surface area contributed by atoms with Crippen LogP contribution in [-0.4, -0.2) is 32.0 Å². The number of H-pyrrole nitrogens is 2. The van der Waals surface area contributed by atoms with Crippen LogP contribution in [0, 0.1) is 5.92 Å². The Labute approximate surface area is 199 Å². The zero-order valence-electron chi connectivity index (χ0n) is 19.4. The summed E-state index contributed by atoms with van der Waals surface area (Å²) in [5, 5.41) is 7.27. The molecular weight excluding hydrogens is 420 g/mol. The van der Waals surface area contributed by atoms with E-state index >= 15 is 0 Å². The number of hydrogen-bond donors (Lipinski definition) is 4. The summed E-state index contributed by atoms with van der Waals surface area (Å²) in [6.45, 7) is 2.23. The molecule has 0 bridgehead atoms. The molecule has 2 aromatic carbocycles. The van der Waals surface area contributed by atoms with Crippen LogP contribution in [0.5, 0.6) is 0 Å². The smallest absolute Gasteiger partial charge is 0.123 e. The summed E-state index contributed by atoms with van der Waals surface area (Å²) in [6.07, 6.45) is 8.81. The molecule has 3 aliphatic rings. The van der Waals surface area contributed by atoms with Crippen molar-refractivity contribution in [3.05, 3.63) is 72.6 Å². The Kier molecular flexibility index (Phi) is 4.71. The molecule has 2 saturated heterocycles. The Hall–Kier alpha value is -3.22. The number of nitrogens with zero attached hydrogens (tertiary/aromatic N) is 2. The average Bonchev–Trinajstić information content (AvgIpc) is 3.44. The van der Waals surface area contributed by atoms with Gasteiger partial charge in [0.25, 0.3) is 0 Å². The number of piperidine rings is 1. The molecule has 172 valence electrons. The van der Waals surface area contributed by atoms with Crippen LogP contribution in [0.15, 0.2) is 60.9 Å². The summed E-state index contributed by atoms with van der Waals surface area (Å²) in [7, 11) is 0. The molecule has 4 aromatic rings. The molecule has 2 aliphatic heterocycles. The second-order valence-corrected chi connectivity index (χ2v) is 10.3. The normalized spacial score (nSPS) is 27.7. The van der Waals surface area contributed by atoms with Gasteiger partial charge in [-0.2, -0.15) is 0 Å². The Morgan fingerprint density at radius 1 is 0.647 bits per heavy atom. The number of aromatic nitrogens is 4. The minimum absolute atomic E-state index is 0.340. The first-order valence-electron chi connectivity index (χ1n) is 12.5. The molecule has 0 spiro atoms. The fourth-order valence-corrected chi connectivity index (χ4v) is 5.68. The van der Waals surface area contributed by atoms with Crippen molar-refractivity contribution in [2.45, 2.75) is 56.8 Å². The summed E-state index contributed by atoms with van der Waals surface area (Å²) in [6, 6.07) is 19.5. The Bertz CT molecular complexity index is 1200. The van der Waals surface area contributed by atoms with Gasteiger partial charge in [0.1, 0.15) is 11.6 Å². The van der Waals surface area contributed by atoms with E-state index in [1.807, 2.05) is 12.4 Å². The predicted molar refractivity (Wildman–Crippen MR) is 134 cm³/mol. The van der Waals surface area contributed by atoms with E-state index in [-0.39, 0.29) is 0 Å². The van der Waals surface area contributed by atoms with Crippen LogP contribution in [0.25, 0.3) is 33.6 Å². The van der Waals surface area contributed by atoms with Crippen LogP contribution in [0.2, 0.25) is 0 Å². The van der Waals surface area contributed by atoms with Crippen LogP contribution < -0.4 is 10.6 Å². The molecule has 1 saturated carbocycles. The van der Waals surface area contributed by atoms with E-state index in [4.69, 9.17) is 0 Å². The first kappa shape index (κ1) is 20.2. The van der Waals surface area contributed by atoms with Crippen LogP contribution in [0.4, 0.5) is 0 Å². The Morgan fingerprint density at radius 3 is 1.71 bits per heavy atom. The zero-order valence-corrected chi connectivity index (χ0v) is 19.4. The molecule has 5 atom stereocenters. The third kappa shape index (κ3) is 3.67. The molecule has 3 fully saturated rings. The number of hydrogen-bond acceptors (Lipinski definition) is 4. The van der Waals surface area contributed by atoms with Crippen LogP contribution in [-0.2, 0) is 0 Å². The van der Waals surface area contributed by atoms with E-state index in [9.17, 15) is 0 Å². The SMILES string of the molecule is C[C@@H]1CC[C@@H](c2ncc(-c3ccc(-c4ccc(-c5cnc([C@@H]6C[C@@H]7C[C@@H]7N6)[nH]5)cc4)cc3)[nH]2)N1. The largest absolute Gasteiger partial charge is 0.341 e. The zero-order chi connectivity index (χ0) is 22.6. The third-order valence-corrected chi connectivity index (χ3v) is 7.83. The lowest BCUT2D eigenvalue weighted by Crippen LogP contribution is -2.21. The maximum atomic E-state index is 4.65. The first-order valence-corrected chi connectivity index (χ1v) is 12.5. The predicted octanol–water partition coefficient (Wildman–Crippen LogP) is 5.37.